The van der Waals surface area contributed by atoms with Gasteiger partial charge in [-0.15, -0.1) is 0 Å². The van der Waals surface area contributed by atoms with Gasteiger partial charge in [0.2, 0.25) is 0 Å². The lowest BCUT2D eigenvalue weighted by atomic mass is 9.96. The highest BCUT2D eigenvalue weighted by atomic mass is 127. The predicted molar refractivity (Wildman–Crippen MR) is 48.8 cm³/mol. The molecule has 0 aromatic heterocycles. The van der Waals surface area contributed by atoms with Gasteiger partial charge in [0.25, 0.3) is 0 Å². The fourth-order valence-electron chi connectivity index (χ4n) is 1.22. The quantitative estimate of drug-likeness (QED) is 0.419. The molecule has 0 aromatic carbocycles. The minimum absolute atomic E-state index is 0.731. The number of halogens is 1. The van der Waals surface area contributed by atoms with Crippen molar-refractivity contribution in [2.75, 3.05) is 6.54 Å². The smallest absolute Gasteiger partial charge is 0.0596 e. The van der Waals surface area contributed by atoms with Crippen molar-refractivity contribution in [3.05, 3.63) is 0 Å². The zero-order valence-corrected chi connectivity index (χ0v) is 8.18. The van der Waals surface area contributed by atoms with Crippen LogP contribution in [0.2, 0.25) is 0 Å². The number of rotatable bonds is 1. The summed E-state index contributed by atoms with van der Waals surface area (Å²) in [5, 5.41) is 3.44. The summed E-state index contributed by atoms with van der Waals surface area (Å²) in [5.74, 6) is 1.78. The Balaban J connectivity index is 2.30. The molecule has 0 aliphatic carbocycles. The van der Waals surface area contributed by atoms with Crippen LogP contribution >= 0.6 is 22.6 Å². The summed E-state index contributed by atoms with van der Waals surface area (Å²) in [6.45, 7) is 5.84. The van der Waals surface area contributed by atoms with Crippen LogP contribution in [0.3, 0.4) is 0 Å². The zero-order chi connectivity index (χ0) is 6.85. The van der Waals surface area contributed by atoms with Gasteiger partial charge in [-0.1, -0.05) is 36.4 Å². The number of alkyl halides is 1. The summed E-state index contributed by atoms with van der Waals surface area (Å²) < 4.78 is 0.731. The Morgan fingerprint density at radius 2 is 2.22 bits per heavy atom. The second-order valence-corrected chi connectivity index (χ2v) is 4.62. The molecule has 1 N–H and O–H groups in total. The number of hydrogen-bond donors (Lipinski definition) is 1. The molecule has 0 unspecified atom stereocenters. The highest BCUT2D eigenvalue weighted by Gasteiger charge is 2.23. The lowest BCUT2D eigenvalue weighted by Crippen LogP contribution is -2.15. The van der Waals surface area contributed by atoms with E-state index in [-0.39, 0.29) is 0 Å². The first-order valence-corrected chi connectivity index (χ1v) is 4.82. The summed E-state index contributed by atoms with van der Waals surface area (Å²) in [4.78, 5) is 0. The summed E-state index contributed by atoms with van der Waals surface area (Å²) in [6, 6.07) is 0. The maximum Gasteiger partial charge on any atom is 0.0596 e. The SMILES string of the molecule is CC(C)[C@H]1CN[C@@H](I)C1. The van der Waals surface area contributed by atoms with Crippen molar-refractivity contribution in [1.82, 2.24) is 5.32 Å². The summed E-state index contributed by atoms with van der Waals surface area (Å²) in [5.41, 5.74) is 0. The van der Waals surface area contributed by atoms with Crippen LogP contribution in [-0.2, 0) is 0 Å². The monoisotopic (exact) mass is 239 g/mol. The third-order valence-electron chi connectivity index (χ3n) is 2.05. The van der Waals surface area contributed by atoms with Crippen LogP contribution in [-0.4, -0.2) is 10.6 Å². The van der Waals surface area contributed by atoms with Crippen molar-refractivity contribution in [1.29, 1.82) is 0 Å². The lowest BCUT2D eigenvalue weighted by molar-refractivity contribution is 0.418. The molecule has 0 amide bonds. The van der Waals surface area contributed by atoms with E-state index in [0.29, 0.717) is 0 Å². The Morgan fingerprint density at radius 3 is 2.44 bits per heavy atom. The van der Waals surface area contributed by atoms with Crippen molar-refractivity contribution in [2.24, 2.45) is 11.8 Å². The Morgan fingerprint density at radius 1 is 1.56 bits per heavy atom. The molecule has 1 fully saturated rings. The first-order valence-electron chi connectivity index (χ1n) is 3.57. The van der Waals surface area contributed by atoms with Gasteiger partial charge in [-0.2, -0.15) is 0 Å². The third-order valence-corrected chi connectivity index (χ3v) is 3.00. The van der Waals surface area contributed by atoms with Crippen LogP contribution in [0.15, 0.2) is 0 Å². The van der Waals surface area contributed by atoms with E-state index in [4.69, 9.17) is 0 Å². The summed E-state index contributed by atoms with van der Waals surface area (Å²) in [7, 11) is 0. The molecule has 9 heavy (non-hydrogen) atoms. The first-order chi connectivity index (χ1) is 4.20. The topological polar surface area (TPSA) is 12.0 Å². The van der Waals surface area contributed by atoms with Gasteiger partial charge in [-0.3, -0.25) is 0 Å². The molecule has 54 valence electrons. The van der Waals surface area contributed by atoms with Gasteiger partial charge >= 0.3 is 0 Å². The summed E-state index contributed by atoms with van der Waals surface area (Å²) >= 11 is 2.47. The van der Waals surface area contributed by atoms with E-state index < -0.39 is 0 Å². The highest BCUT2D eigenvalue weighted by Crippen LogP contribution is 2.24. The zero-order valence-electron chi connectivity index (χ0n) is 6.02. The average Bonchev–Trinajstić information content (AvgIpc) is 2.14. The second kappa shape index (κ2) is 3.19. The van der Waals surface area contributed by atoms with E-state index >= 15 is 0 Å². The summed E-state index contributed by atoms with van der Waals surface area (Å²) in [6.07, 6.45) is 1.36. The van der Waals surface area contributed by atoms with Crippen molar-refractivity contribution in [3.8, 4) is 0 Å². The van der Waals surface area contributed by atoms with Crippen LogP contribution in [0.4, 0.5) is 0 Å². The molecule has 1 aliphatic rings. The molecule has 1 nitrogen and oxygen atoms in total. The molecule has 0 spiro atoms. The fourth-order valence-corrected chi connectivity index (χ4v) is 2.13. The Hall–Kier alpha value is 0.690. The van der Waals surface area contributed by atoms with Crippen LogP contribution in [0, 0.1) is 11.8 Å². The third kappa shape index (κ3) is 2.08. The minimum atomic E-state index is 0.731. The minimum Gasteiger partial charge on any atom is -0.305 e. The van der Waals surface area contributed by atoms with Crippen LogP contribution in [0.5, 0.6) is 0 Å². The lowest BCUT2D eigenvalue weighted by Gasteiger charge is -2.10. The fraction of sp³-hybridized carbons (Fsp3) is 1.00. The standard InChI is InChI=1S/C7H14IN/c1-5(2)6-3-7(8)9-4-6/h5-7,9H,3-4H2,1-2H3/t6-,7-/m1/s1. The maximum absolute atomic E-state index is 3.44. The van der Waals surface area contributed by atoms with Gasteiger partial charge in [0.1, 0.15) is 0 Å². The second-order valence-electron chi connectivity index (χ2n) is 3.12. The van der Waals surface area contributed by atoms with Crippen molar-refractivity contribution < 1.29 is 0 Å². The molecular weight excluding hydrogens is 225 g/mol. The Bertz CT molecular complexity index is 92.9. The molecule has 0 bridgehead atoms. The molecule has 1 heterocycles. The Kier molecular flexibility index (Phi) is 2.76. The van der Waals surface area contributed by atoms with Gasteiger partial charge in [0, 0.05) is 0 Å². The van der Waals surface area contributed by atoms with E-state index in [9.17, 15) is 0 Å². The average molecular weight is 239 g/mol. The largest absolute Gasteiger partial charge is 0.305 e. The maximum atomic E-state index is 3.44. The molecule has 0 radical (unpaired) electrons. The molecule has 1 rings (SSSR count). The normalized spacial score (nSPS) is 36.0. The Labute approximate surface area is 70.7 Å². The highest BCUT2D eigenvalue weighted by molar-refractivity contribution is 14.1. The molecular formula is C7H14IN. The van der Waals surface area contributed by atoms with Crippen molar-refractivity contribution >= 4 is 22.6 Å². The van der Waals surface area contributed by atoms with E-state index in [1.807, 2.05) is 0 Å². The van der Waals surface area contributed by atoms with Crippen LogP contribution in [0.25, 0.3) is 0 Å². The van der Waals surface area contributed by atoms with Crippen molar-refractivity contribution in [3.63, 3.8) is 0 Å². The molecule has 2 heteroatoms. The first kappa shape index (κ1) is 7.79. The van der Waals surface area contributed by atoms with Crippen molar-refractivity contribution in [2.45, 2.75) is 24.3 Å². The van der Waals surface area contributed by atoms with Gasteiger partial charge in [0.15, 0.2) is 0 Å². The van der Waals surface area contributed by atoms with Crippen LogP contribution < -0.4 is 5.32 Å². The van der Waals surface area contributed by atoms with Gasteiger partial charge in [-0.25, -0.2) is 0 Å². The van der Waals surface area contributed by atoms with Gasteiger partial charge in [-0.05, 0) is 24.8 Å². The molecule has 2 atom stereocenters. The predicted octanol–water partition coefficient (Wildman–Crippen LogP) is 2.01. The van der Waals surface area contributed by atoms with Gasteiger partial charge in [0.05, 0.1) is 4.05 Å². The van der Waals surface area contributed by atoms with E-state index in [2.05, 4.69) is 41.8 Å². The van der Waals surface area contributed by atoms with E-state index in [0.717, 1.165) is 15.9 Å². The molecule has 0 saturated carbocycles. The van der Waals surface area contributed by atoms with E-state index in [1.54, 1.807) is 0 Å². The van der Waals surface area contributed by atoms with Crippen LogP contribution in [0.1, 0.15) is 20.3 Å². The van der Waals surface area contributed by atoms with Gasteiger partial charge < -0.3 is 5.32 Å². The molecule has 1 aliphatic heterocycles. The number of nitrogens with one attached hydrogen (secondary N) is 1. The molecule has 1 saturated heterocycles. The number of hydrogen-bond acceptors (Lipinski definition) is 1. The molecule has 0 aromatic rings. The van der Waals surface area contributed by atoms with E-state index in [1.165, 1.54) is 13.0 Å².